The maximum absolute atomic E-state index is 15.2. The number of rotatable bonds is 14. The number of benzene rings is 4. The molecule has 1 N–H and O–H groups in total. The number of nitrogens with zero attached hydrogens (tertiary/aromatic N) is 8. The molecule has 9 rings (SSSR count). The van der Waals surface area contributed by atoms with Gasteiger partial charge < -0.3 is 38.2 Å². The van der Waals surface area contributed by atoms with Gasteiger partial charge in [-0.3, -0.25) is 19.4 Å². The molecular weight excluding hydrogens is 989 g/mol. The topological polar surface area (TPSA) is 165 Å². The SMILES string of the molecule is CN1CCN(C(=O)N(Cc2ccc(-c3nnc(C(F)F)o3)cc2F)c2cccc(-c3ccoc3)c2)CC1.CN1CCN(C(=O)N(Cc2ccc(C(=O)CNC(=O)C(F)F)cc2F)c2cccc(-c3ccoc3)c2)CC1. The van der Waals surface area contributed by atoms with Crippen LogP contribution in [0, 0.1) is 11.6 Å². The second-order valence-electron chi connectivity index (χ2n) is 17.7. The van der Waals surface area contributed by atoms with E-state index in [1.54, 1.807) is 59.1 Å². The molecule has 0 aliphatic carbocycles. The standard InChI is InChI=1S/C27H27F3N4O4.C26H24F3N5O3/c1-32-8-10-33(11-9-32)27(37)34(22-4-2-3-18(13-22)21-7-12-38-17-21)16-20-6-5-19(14-23(20)28)24(35)15-31-26(36)25(29)30;1-32-8-10-33(11-9-32)26(35)34(21-4-2-3-17(13-21)20-7-12-36-16-20)15-19-6-5-18(14-22(19)27)24-30-31-25(37-24)23(28)29/h2-7,12-14,17,25H,8-11,15-16H2,1H3,(H,31,36);2-7,12-14,16,23H,8-11,15H2,1H3. The molecule has 16 nitrogen and oxygen atoms in total. The molecule has 5 amide bonds. The molecule has 2 aliphatic rings. The predicted octanol–water partition coefficient (Wildman–Crippen LogP) is 9.47. The van der Waals surface area contributed by atoms with Gasteiger partial charge in [-0.15, -0.1) is 10.2 Å². The van der Waals surface area contributed by atoms with Gasteiger partial charge in [0, 0.05) is 97.1 Å². The molecule has 0 unspecified atom stereocenters. The zero-order valence-corrected chi connectivity index (χ0v) is 40.7. The van der Waals surface area contributed by atoms with Crippen LogP contribution in [0.4, 0.5) is 47.3 Å². The summed E-state index contributed by atoms with van der Waals surface area (Å²) in [5, 5.41) is 8.66. The quantitative estimate of drug-likeness (QED) is 0.0815. The van der Waals surface area contributed by atoms with Gasteiger partial charge in [-0.2, -0.15) is 17.6 Å². The Bertz CT molecular complexity index is 3070. The summed E-state index contributed by atoms with van der Waals surface area (Å²) in [7, 11) is 3.98. The van der Waals surface area contributed by atoms with Gasteiger partial charge in [0.2, 0.25) is 5.89 Å². The van der Waals surface area contributed by atoms with Crippen LogP contribution >= 0.6 is 0 Å². The summed E-state index contributed by atoms with van der Waals surface area (Å²) in [6, 6.07) is 25.6. The Labute approximate surface area is 426 Å². The highest BCUT2D eigenvalue weighted by atomic mass is 19.3. The Morgan fingerprint density at radius 2 is 1.11 bits per heavy atom. The van der Waals surface area contributed by atoms with E-state index in [1.165, 1.54) is 34.1 Å². The number of urea groups is 2. The van der Waals surface area contributed by atoms with Gasteiger partial charge in [-0.05, 0) is 79.8 Å². The van der Waals surface area contributed by atoms with Gasteiger partial charge in [-0.25, -0.2) is 18.4 Å². The molecular formula is C53H51F6N9O7. The van der Waals surface area contributed by atoms with Crippen molar-refractivity contribution in [3.63, 3.8) is 0 Å². The van der Waals surface area contributed by atoms with Crippen LogP contribution < -0.4 is 15.1 Å². The molecule has 2 aliphatic heterocycles. The number of hydrogen-bond acceptors (Lipinski definition) is 11. The largest absolute Gasteiger partial charge is 0.472 e. The minimum atomic E-state index is -3.25. The van der Waals surface area contributed by atoms with Gasteiger partial charge in [-0.1, -0.05) is 42.5 Å². The molecule has 0 atom stereocenters. The molecule has 75 heavy (non-hydrogen) atoms. The average Bonchev–Trinajstić information content (AvgIpc) is 4.26. The maximum Gasteiger partial charge on any atom is 0.324 e. The molecule has 0 bridgehead atoms. The zero-order chi connectivity index (χ0) is 53.2. The molecule has 2 fully saturated rings. The number of carbonyl (C=O) groups excluding carboxylic acids is 4. The lowest BCUT2D eigenvalue weighted by Gasteiger charge is -2.36. The predicted molar refractivity (Wildman–Crippen MR) is 264 cm³/mol. The lowest BCUT2D eigenvalue weighted by atomic mass is 10.1. The van der Waals surface area contributed by atoms with Crippen LogP contribution in [-0.4, -0.2) is 133 Å². The summed E-state index contributed by atoms with van der Waals surface area (Å²) in [4.78, 5) is 61.3. The van der Waals surface area contributed by atoms with E-state index in [0.717, 1.165) is 47.5 Å². The smallest absolute Gasteiger partial charge is 0.324 e. The summed E-state index contributed by atoms with van der Waals surface area (Å²) in [6.45, 7) is 4.21. The van der Waals surface area contributed by atoms with Crippen molar-refractivity contribution in [1.82, 2.24) is 35.1 Å². The first-order valence-electron chi connectivity index (χ1n) is 23.6. The van der Waals surface area contributed by atoms with Crippen LogP contribution in [0.2, 0.25) is 0 Å². The molecule has 22 heteroatoms. The van der Waals surface area contributed by atoms with Crippen LogP contribution in [0.3, 0.4) is 0 Å². The first-order valence-corrected chi connectivity index (χ1v) is 23.6. The highest BCUT2D eigenvalue weighted by Crippen LogP contribution is 2.31. The number of amides is 5. The van der Waals surface area contributed by atoms with Crippen molar-refractivity contribution in [2.24, 2.45) is 0 Å². The summed E-state index contributed by atoms with van der Waals surface area (Å²) >= 11 is 0. The highest BCUT2D eigenvalue weighted by molar-refractivity contribution is 6.00. The van der Waals surface area contributed by atoms with Crippen molar-refractivity contribution in [3.8, 4) is 33.7 Å². The summed E-state index contributed by atoms with van der Waals surface area (Å²) in [6.07, 6.45) is 0.146. The van der Waals surface area contributed by atoms with E-state index in [9.17, 15) is 36.7 Å². The summed E-state index contributed by atoms with van der Waals surface area (Å²) in [5.74, 6) is -4.71. The summed E-state index contributed by atoms with van der Waals surface area (Å²) < 4.78 is 96.0. The number of nitrogens with one attached hydrogen (secondary N) is 1. The minimum Gasteiger partial charge on any atom is -0.472 e. The Balaban J connectivity index is 0.000000199. The Kier molecular flexibility index (Phi) is 17.1. The van der Waals surface area contributed by atoms with E-state index >= 15 is 8.78 Å². The number of ketones is 1. The van der Waals surface area contributed by atoms with Crippen LogP contribution in [0.1, 0.15) is 33.8 Å². The third-order valence-electron chi connectivity index (χ3n) is 12.6. The molecule has 3 aromatic heterocycles. The molecule has 0 spiro atoms. The van der Waals surface area contributed by atoms with Crippen molar-refractivity contribution in [2.45, 2.75) is 25.9 Å². The number of halogens is 6. The van der Waals surface area contributed by atoms with Gasteiger partial charge in [0.15, 0.2) is 5.78 Å². The van der Waals surface area contributed by atoms with E-state index in [2.05, 4.69) is 20.0 Å². The molecule has 0 radical (unpaired) electrons. The third-order valence-corrected chi connectivity index (χ3v) is 12.6. The van der Waals surface area contributed by atoms with Crippen molar-refractivity contribution < 1.29 is 58.8 Å². The number of aromatic nitrogens is 2. The monoisotopic (exact) mass is 1040 g/mol. The lowest BCUT2D eigenvalue weighted by Crippen LogP contribution is -2.52. The van der Waals surface area contributed by atoms with Crippen molar-refractivity contribution >= 4 is 35.1 Å². The highest BCUT2D eigenvalue weighted by Gasteiger charge is 2.29. The Morgan fingerprint density at radius 1 is 0.600 bits per heavy atom. The van der Waals surface area contributed by atoms with E-state index in [0.29, 0.717) is 50.6 Å². The van der Waals surface area contributed by atoms with Crippen LogP contribution in [-0.2, 0) is 17.9 Å². The van der Waals surface area contributed by atoms with Crippen LogP contribution in [0.5, 0.6) is 0 Å². The number of anilines is 2. The number of alkyl halides is 4. The van der Waals surface area contributed by atoms with Crippen molar-refractivity contribution in [3.05, 3.63) is 156 Å². The Hall–Kier alpha value is -8.24. The first-order chi connectivity index (χ1) is 36.1. The number of carbonyl (C=O) groups is 4. The van der Waals surface area contributed by atoms with Gasteiger partial charge >= 0.3 is 24.9 Å². The minimum absolute atomic E-state index is 0.0434. The fourth-order valence-corrected chi connectivity index (χ4v) is 8.22. The number of furan rings is 2. The van der Waals surface area contributed by atoms with E-state index < -0.39 is 48.6 Å². The average molecular weight is 1040 g/mol. The van der Waals surface area contributed by atoms with Gasteiger partial charge in [0.1, 0.15) is 11.6 Å². The van der Waals surface area contributed by atoms with Gasteiger partial charge in [0.25, 0.3) is 11.8 Å². The van der Waals surface area contributed by atoms with E-state index in [4.69, 9.17) is 13.3 Å². The normalized spacial score (nSPS) is 14.2. The second kappa shape index (κ2) is 24.2. The third kappa shape index (κ3) is 13.3. The van der Waals surface area contributed by atoms with E-state index in [1.807, 2.05) is 55.8 Å². The van der Waals surface area contributed by atoms with Crippen molar-refractivity contribution in [2.75, 3.05) is 82.8 Å². The van der Waals surface area contributed by atoms with Crippen molar-refractivity contribution in [1.29, 1.82) is 0 Å². The number of piperazine rings is 2. The maximum atomic E-state index is 15.2. The molecule has 2 saturated heterocycles. The fraction of sp³-hybridized carbons (Fsp3) is 0.283. The molecule has 5 heterocycles. The van der Waals surface area contributed by atoms with Gasteiger partial charge in [0.05, 0.1) is 44.7 Å². The summed E-state index contributed by atoms with van der Waals surface area (Å²) in [5.41, 5.74) is 5.00. The number of Topliss-reactive ketones (excluding diaryl/α,β-unsaturated/α-hetero) is 1. The first kappa shape index (κ1) is 53.1. The molecule has 392 valence electrons. The zero-order valence-electron chi connectivity index (χ0n) is 40.7. The lowest BCUT2D eigenvalue weighted by molar-refractivity contribution is -0.131. The number of hydrogen-bond donors (Lipinski definition) is 1. The van der Waals surface area contributed by atoms with Crippen LogP contribution in [0.25, 0.3) is 33.7 Å². The van der Waals surface area contributed by atoms with E-state index in [-0.39, 0.29) is 53.3 Å². The molecule has 4 aromatic carbocycles. The molecule has 0 saturated carbocycles. The number of likely N-dealkylation sites (N-methyl/N-ethyl adjacent to an activating group) is 2. The van der Waals surface area contributed by atoms with Crippen LogP contribution in [0.15, 0.2) is 135 Å². The molecule has 7 aromatic rings. The fourth-order valence-electron chi connectivity index (χ4n) is 8.22. The second-order valence-corrected chi connectivity index (χ2v) is 17.7. The Morgan fingerprint density at radius 3 is 1.55 bits per heavy atom.